The second-order valence-corrected chi connectivity index (χ2v) is 7.45. The molecule has 0 atom stereocenters. The molecule has 28 heavy (non-hydrogen) atoms. The Morgan fingerprint density at radius 1 is 0.786 bits per heavy atom. The Morgan fingerprint density at radius 3 is 1.79 bits per heavy atom. The Bertz CT molecular complexity index is 411. The zero-order chi connectivity index (χ0) is 20.9. The van der Waals surface area contributed by atoms with Gasteiger partial charge in [-0.05, 0) is 32.1 Å². The van der Waals surface area contributed by atoms with Gasteiger partial charge in [0.15, 0.2) is 0 Å². The van der Waals surface area contributed by atoms with E-state index in [0.717, 1.165) is 19.3 Å². The number of carbonyl (C=O) groups is 2. The summed E-state index contributed by atoms with van der Waals surface area (Å²) in [6.07, 6.45) is 21.3. The monoisotopic (exact) mass is 394 g/mol. The van der Waals surface area contributed by atoms with Crippen molar-refractivity contribution >= 4 is 11.9 Å². The Morgan fingerprint density at radius 2 is 1.29 bits per heavy atom. The van der Waals surface area contributed by atoms with E-state index >= 15 is 0 Å². The van der Waals surface area contributed by atoms with Gasteiger partial charge in [-0.25, -0.2) is 9.59 Å². The maximum atomic E-state index is 10.7. The van der Waals surface area contributed by atoms with Crippen molar-refractivity contribution in [3.63, 3.8) is 0 Å². The molecule has 162 valence electrons. The molecule has 0 aromatic rings. The van der Waals surface area contributed by atoms with E-state index < -0.39 is 0 Å². The molecule has 0 aromatic heterocycles. The molecule has 0 spiro atoms. The van der Waals surface area contributed by atoms with E-state index in [1.54, 1.807) is 0 Å². The number of hydrogen-bond donors (Lipinski definition) is 0. The molecule has 0 aliphatic heterocycles. The zero-order valence-electron chi connectivity index (χ0n) is 18.1. The van der Waals surface area contributed by atoms with Gasteiger partial charge in [-0.3, -0.25) is 0 Å². The van der Waals surface area contributed by atoms with Crippen LogP contribution in [0.5, 0.6) is 0 Å². The van der Waals surface area contributed by atoms with Crippen molar-refractivity contribution in [3.8, 4) is 0 Å². The summed E-state index contributed by atoms with van der Waals surface area (Å²) >= 11 is 0. The van der Waals surface area contributed by atoms with Gasteiger partial charge in [-0.15, -0.1) is 0 Å². The van der Waals surface area contributed by atoms with E-state index in [2.05, 4.69) is 20.1 Å². The third-order valence-corrected chi connectivity index (χ3v) is 4.91. The summed E-state index contributed by atoms with van der Waals surface area (Å²) < 4.78 is 9.99. The molecule has 0 amide bonds. The van der Waals surface area contributed by atoms with Crippen LogP contribution in [0.25, 0.3) is 0 Å². The van der Waals surface area contributed by atoms with Gasteiger partial charge in [-0.1, -0.05) is 84.3 Å². The molecule has 1 aliphatic rings. The smallest absolute Gasteiger partial charge is 0.330 e. The van der Waals surface area contributed by atoms with Crippen LogP contribution in [0.1, 0.15) is 103 Å². The molecule has 1 saturated carbocycles. The SMILES string of the molecule is C=CC(=O)OC1CCCCC1.C=CC(=O)OCCCCCCCCCCCC. The molecule has 4 nitrogen and oxygen atoms in total. The minimum atomic E-state index is -0.305. The predicted octanol–water partition coefficient (Wildman–Crippen LogP) is 6.68. The van der Waals surface area contributed by atoms with Gasteiger partial charge in [0.05, 0.1) is 6.61 Å². The molecule has 0 unspecified atom stereocenters. The van der Waals surface area contributed by atoms with Crippen molar-refractivity contribution in [1.29, 1.82) is 0 Å². The largest absolute Gasteiger partial charge is 0.463 e. The Labute approximate surface area is 172 Å². The summed E-state index contributed by atoms with van der Waals surface area (Å²) in [5.74, 6) is -0.585. The lowest BCUT2D eigenvalue weighted by Crippen LogP contribution is -2.19. The lowest BCUT2D eigenvalue weighted by molar-refractivity contribution is -0.144. The van der Waals surface area contributed by atoms with Gasteiger partial charge in [-0.2, -0.15) is 0 Å². The molecule has 1 aliphatic carbocycles. The van der Waals surface area contributed by atoms with Gasteiger partial charge in [0.2, 0.25) is 0 Å². The number of rotatable bonds is 14. The fraction of sp³-hybridized carbons (Fsp3) is 0.750. The summed E-state index contributed by atoms with van der Waals surface area (Å²) in [4.78, 5) is 21.5. The average Bonchev–Trinajstić information content (AvgIpc) is 2.73. The van der Waals surface area contributed by atoms with Crippen LogP contribution in [-0.4, -0.2) is 24.6 Å². The first-order chi connectivity index (χ1) is 13.6. The van der Waals surface area contributed by atoms with Gasteiger partial charge in [0.1, 0.15) is 6.10 Å². The highest BCUT2D eigenvalue weighted by Gasteiger charge is 2.15. The molecule has 0 saturated heterocycles. The second-order valence-electron chi connectivity index (χ2n) is 7.45. The van der Waals surface area contributed by atoms with E-state index in [9.17, 15) is 9.59 Å². The van der Waals surface area contributed by atoms with Gasteiger partial charge < -0.3 is 9.47 Å². The fourth-order valence-electron chi connectivity index (χ4n) is 3.22. The molecule has 0 N–H and O–H groups in total. The van der Waals surface area contributed by atoms with E-state index in [1.807, 2.05) is 0 Å². The van der Waals surface area contributed by atoms with Gasteiger partial charge in [0.25, 0.3) is 0 Å². The minimum absolute atomic E-state index is 0.161. The predicted molar refractivity (Wildman–Crippen MR) is 116 cm³/mol. The number of ether oxygens (including phenoxy) is 2. The Hall–Kier alpha value is -1.58. The third-order valence-electron chi connectivity index (χ3n) is 4.91. The summed E-state index contributed by atoms with van der Waals surface area (Å²) in [7, 11) is 0. The van der Waals surface area contributed by atoms with Crippen molar-refractivity contribution < 1.29 is 19.1 Å². The van der Waals surface area contributed by atoms with Crippen molar-refractivity contribution in [1.82, 2.24) is 0 Å². The first-order valence-electron chi connectivity index (χ1n) is 11.3. The van der Waals surface area contributed by atoms with Crippen LogP contribution in [0, 0.1) is 0 Å². The molecule has 1 rings (SSSR count). The summed E-state index contributed by atoms with van der Waals surface area (Å²) in [5.41, 5.74) is 0. The molecule has 0 aromatic carbocycles. The molecule has 0 bridgehead atoms. The van der Waals surface area contributed by atoms with Gasteiger partial charge >= 0.3 is 11.9 Å². The van der Waals surface area contributed by atoms with Crippen LogP contribution in [-0.2, 0) is 19.1 Å². The summed E-state index contributed by atoms with van der Waals surface area (Å²) in [5, 5.41) is 0. The first kappa shape index (κ1) is 26.4. The maximum Gasteiger partial charge on any atom is 0.330 e. The van der Waals surface area contributed by atoms with E-state index in [1.165, 1.54) is 89.2 Å². The normalized spacial score (nSPS) is 13.8. The van der Waals surface area contributed by atoms with Crippen LogP contribution in [0.4, 0.5) is 0 Å². The van der Waals surface area contributed by atoms with Crippen molar-refractivity contribution in [3.05, 3.63) is 25.3 Å². The standard InChI is InChI=1S/C15H28O2.C9H14O2/c1-3-5-6-7-8-9-10-11-12-13-14-17-15(16)4-2;1-2-9(10)11-8-6-4-3-5-7-8/h4H,2-3,5-14H2,1H3;2,8H,1,3-7H2. The lowest BCUT2D eigenvalue weighted by atomic mass is 9.98. The van der Waals surface area contributed by atoms with E-state index in [-0.39, 0.29) is 18.0 Å². The van der Waals surface area contributed by atoms with Crippen molar-refractivity contribution in [2.75, 3.05) is 6.61 Å². The molecule has 1 fully saturated rings. The fourth-order valence-corrected chi connectivity index (χ4v) is 3.22. The third kappa shape index (κ3) is 17.8. The second kappa shape index (κ2) is 20.2. The Kier molecular flexibility index (Phi) is 19.0. The van der Waals surface area contributed by atoms with Crippen molar-refractivity contribution in [2.24, 2.45) is 0 Å². The molecule has 4 heteroatoms. The maximum absolute atomic E-state index is 10.7. The first-order valence-corrected chi connectivity index (χ1v) is 11.3. The highest BCUT2D eigenvalue weighted by Crippen LogP contribution is 2.20. The number of unbranched alkanes of at least 4 members (excludes halogenated alkanes) is 9. The summed E-state index contributed by atoms with van der Waals surface area (Å²) in [6.45, 7) is 9.50. The van der Waals surface area contributed by atoms with Crippen LogP contribution >= 0.6 is 0 Å². The zero-order valence-corrected chi connectivity index (χ0v) is 18.1. The number of hydrogen-bond acceptors (Lipinski definition) is 4. The number of carbonyl (C=O) groups excluding carboxylic acids is 2. The van der Waals surface area contributed by atoms with E-state index in [0.29, 0.717) is 6.61 Å². The topological polar surface area (TPSA) is 52.6 Å². The molecular weight excluding hydrogens is 352 g/mol. The Balaban J connectivity index is 0.000000567. The summed E-state index contributed by atoms with van der Waals surface area (Å²) in [6, 6.07) is 0. The molecule has 0 heterocycles. The minimum Gasteiger partial charge on any atom is -0.463 e. The van der Waals surface area contributed by atoms with Crippen LogP contribution < -0.4 is 0 Å². The molecule has 0 radical (unpaired) electrons. The van der Waals surface area contributed by atoms with Crippen LogP contribution in [0.2, 0.25) is 0 Å². The average molecular weight is 395 g/mol. The van der Waals surface area contributed by atoms with Crippen LogP contribution in [0.15, 0.2) is 25.3 Å². The highest BCUT2D eigenvalue weighted by molar-refractivity contribution is 5.81. The highest BCUT2D eigenvalue weighted by atomic mass is 16.5. The van der Waals surface area contributed by atoms with Crippen molar-refractivity contribution in [2.45, 2.75) is 109 Å². The number of esters is 2. The lowest BCUT2D eigenvalue weighted by Gasteiger charge is -2.20. The van der Waals surface area contributed by atoms with E-state index in [4.69, 9.17) is 9.47 Å². The molecular formula is C24H42O4. The quantitative estimate of drug-likeness (QED) is 0.187. The van der Waals surface area contributed by atoms with Gasteiger partial charge in [0, 0.05) is 12.2 Å². The van der Waals surface area contributed by atoms with Crippen LogP contribution in [0.3, 0.4) is 0 Å².